The minimum Gasteiger partial charge on any atom is -0.386 e. The number of aliphatic hydroxyl groups is 1. The van der Waals surface area contributed by atoms with E-state index in [0.29, 0.717) is 0 Å². The molecule has 0 saturated heterocycles. The summed E-state index contributed by atoms with van der Waals surface area (Å²) in [6, 6.07) is 3.74. The zero-order valence-corrected chi connectivity index (χ0v) is 8.02. The molecule has 58 valence electrons. The highest BCUT2D eigenvalue weighted by atomic mass is 79.9. The maximum absolute atomic E-state index is 9.30. The van der Waals surface area contributed by atoms with Crippen molar-refractivity contribution in [2.45, 2.75) is 12.5 Å². The van der Waals surface area contributed by atoms with Gasteiger partial charge in [-0.2, -0.15) is 5.26 Å². The molecule has 1 atom stereocenters. The Balaban J connectivity index is 2.70. The third kappa shape index (κ3) is 2.29. The van der Waals surface area contributed by atoms with E-state index in [4.69, 9.17) is 5.26 Å². The molecule has 0 amide bonds. The molecule has 1 aromatic rings. The quantitative estimate of drug-likeness (QED) is 0.851. The van der Waals surface area contributed by atoms with Gasteiger partial charge in [0.25, 0.3) is 0 Å². The van der Waals surface area contributed by atoms with Crippen LogP contribution in [0.25, 0.3) is 0 Å². The van der Waals surface area contributed by atoms with Crippen LogP contribution >= 0.6 is 27.3 Å². The lowest BCUT2D eigenvalue weighted by Crippen LogP contribution is -1.90. The molecule has 1 heterocycles. The maximum atomic E-state index is 9.30. The summed E-state index contributed by atoms with van der Waals surface area (Å²) in [6.07, 6.45) is -0.469. The molecule has 0 aromatic carbocycles. The topological polar surface area (TPSA) is 44.0 Å². The zero-order chi connectivity index (χ0) is 8.27. The van der Waals surface area contributed by atoms with Gasteiger partial charge in [0.2, 0.25) is 0 Å². The average molecular weight is 232 g/mol. The molecule has 0 radical (unpaired) electrons. The van der Waals surface area contributed by atoms with Crippen molar-refractivity contribution in [3.63, 3.8) is 0 Å². The first kappa shape index (κ1) is 8.72. The molecule has 4 heteroatoms. The SMILES string of the molecule is N#CC[C@H](O)c1cc(Br)cs1. The summed E-state index contributed by atoms with van der Waals surface area (Å²) in [7, 11) is 0. The Bertz CT molecular complexity index is 278. The Morgan fingerprint density at radius 2 is 2.55 bits per heavy atom. The van der Waals surface area contributed by atoms with Crippen LogP contribution in [0.5, 0.6) is 0 Å². The highest BCUT2D eigenvalue weighted by Crippen LogP contribution is 2.26. The lowest BCUT2D eigenvalue weighted by Gasteiger charge is -1.99. The molecule has 1 rings (SSSR count). The minimum absolute atomic E-state index is 0.160. The second-order valence-corrected chi connectivity index (χ2v) is 3.90. The van der Waals surface area contributed by atoms with Crippen molar-refractivity contribution >= 4 is 27.3 Å². The van der Waals surface area contributed by atoms with E-state index in [-0.39, 0.29) is 6.42 Å². The van der Waals surface area contributed by atoms with Crippen molar-refractivity contribution in [3.8, 4) is 6.07 Å². The highest BCUT2D eigenvalue weighted by molar-refractivity contribution is 9.10. The van der Waals surface area contributed by atoms with Crippen molar-refractivity contribution in [1.82, 2.24) is 0 Å². The first-order valence-corrected chi connectivity index (χ1v) is 4.70. The van der Waals surface area contributed by atoms with Crippen molar-refractivity contribution in [3.05, 3.63) is 20.8 Å². The molecule has 11 heavy (non-hydrogen) atoms. The van der Waals surface area contributed by atoms with E-state index in [9.17, 15) is 5.11 Å². The fraction of sp³-hybridized carbons (Fsp3) is 0.286. The predicted octanol–water partition coefficient (Wildman–Crippen LogP) is 2.46. The number of nitriles is 1. The van der Waals surface area contributed by atoms with Gasteiger partial charge in [0.05, 0.1) is 12.5 Å². The van der Waals surface area contributed by atoms with Gasteiger partial charge in [-0.15, -0.1) is 11.3 Å². The Kier molecular flexibility index (Phi) is 3.06. The zero-order valence-electron chi connectivity index (χ0n) is 5.62. The number of aliphatic hydroxyl groups excluding tert-OH is 1. The van der Waals surface area contributed by atoms with Crippen LogP contribution in [0.3, 0.4) is 0 Å². The van der Waals surface area contributed by atoms with Crippen LogP contribution < -0.4 is 0 Å². The van der Waals surface area contributed by atoms with Gasteiger partial charge in [-0.05, 0) is 22.0 Å². The van der Waals surface area contributed by atoms with E-state index in [1.165, 1.54) is 11.3 Å². The van der Waals surface area contributed by atoms with Crippen molar-refractivity contribution in [2.24, 2.45) is 0 Å². The van der Waals surface area contributed by atoms with Gasteiger partial charge in [0.1, 0.15) is 6.10 Å². The summed E-state index contributed by atoms with van der Waals surface area (Å²) < 4.78 is 0.953. The van der Waals surface area contributed by atoms with Crippen molar-refractivity contribution in [2.75, 3.05) is 0 Å². The normalized spacial score (nSPS) is 12.5. The molecule has 2 nitrogen and oxygen atoms in total. The van der Waals surface area contributed by atoms with E-state index >= 15 is 0 Å². The van der Waals surface area contributed by atoms with Gasteiger partial charge in [-0.1, -0.05) is 0 Å². The Morgan fingerprint density at radius 3 is 3.00 bits per heavy atom. The number of rotatable bonds is 2. The molecule has 0 fully saturated rings. The van der Waals surface area contributed by atoms with E-state index in [1.807, 2.05) is 17.5 Å². The smallest absolute Gasteiger partial charge is 0.101 e. The first-order chi connectivity index (χ1) is 5.24. The van der Waals surface area contributed by atoms with Gasteiger partial charge in [0, 0.05) is 14.7 Å². The summed E-state index contributed by atoms with van der Waals surface area (Å²) in [6.45, 7) is 0. The molecule has 0 aliphatic heterocycles. The summed E-state index contributed by atoms with van der Waals surface area (Å²) >= 11 is 4.72. The van der Waals surface area contributed by atoms with E-state index in [2.05, 4.69) is 15.9 Å². The fourth-order valence-corrected chi connectivity index (χ4v) is 2.12. The number of hydrogen-bond donors (Lipinski definition) is 1. The fourth-order valence-electron chi connectivity index (χ4n) is 0.690. The molecule has 0 bridgehead atoms. The van der Waals surface area contributed by atoms with Crippen LogP contribution in [0.1, 0.15) is 17.4 Å². The summed E-state index contributed by atoms with van der Waals surface area (Å²) in [5.41, 5.74) is 0. The average Bonchev–Trinajstić information content (AvgIpc) is 2.36. The third-order valence-corrected chi connectivity index (χ3v) is 3.00. The van der Waals surface area contributed by atoms with E-state index in [0.717, 1.165) is 9.35 Å². The monoisotopic (exact) mass is 231 g/mol. The number of thiophene rings is 1. The minimum atomic E-state index is -0.628. The summed E-state index contributed by atoms with van der Waals surface area (Å²) in [5, 5.41) is 19.5. The van der Waals surface area contributed by atoms with Gasteiger partial charge in [-0.25, -0.2) is 0 Å². The highest BCUT2D eigenvalue weighted by Gasteiger charge is 2.08. The number of nitrogens with zero attached hydrogens (tertiary/aromatic N) is 1. The number of hydrogen-bond acceptors (Lipinski definition) is 3. The lowest BCUT2D eigenvalue weighted by molar-refractivity contribution is 0.187. The molecule has 1 N–H and O–H groups in total. The lowest BCUT2D eigenvalue weighted by atomic mass is 10.2. The van der Waals surface area contributed by atoms with Crippen LogP contribution in [-0.2, 0) is 0 Å². The second kappa shape index (κ2) is 3.86. The Morgan fingerprint density at radius 1 is 1.82 bits per heavy atom. The number of halogens is 1. The van der Waals surface area contributed by atoms with Gasteiger partial charge in [0.15, 0.2) is 0 Å². The molecule has 1 aromatic heterocycles. The van der Waals surface area contributed by atoms with Gasteiger partial charge < -0.3 is 5.11 Å². The van der Waals surface area contributed by atoms with Crippen LogP contribution in [0.15, 0.2) is 15.9 Å². The first-order valence-electron chi connectivity index (χ1n) is 3.03. The van der Waals surface area contributed by atoms with E-state index < -0.39 is 6.10 Å². The van der Waals surface area contributed by atoms with Gasteiger partial charge >= 0.3 is 0 Å². The van der Waals surface area contributed by atoms with Crippen molar-refractivity contribution in [1.29, 1.82) is 5.26 Å². The molecular weight excluding hydrogens is 226 g/mol. The van der Waals surface area contributed by atoms with Crippen molar-refractivity contribution < 1.29 is 5.11 Å². The summed E-state index contributed by atoms with van der Waals surface area (Å²) in [5.74, 6) is 0. The Hall–Kier alpha value is -0.370. The standard InChI is InChI=1S/C7H6BrNOS/c8-5-3-7(11-4-5)6(10)1-2-9/h3-4,6,10H,1H2/t6-/m0/s1. The second-order valence-electron chi connectivity index (χ2n) is 2.05. The molecule has 0 unspecified atom stereocenters. The largest absolute Gasteiger partial charge is 0.386 e. The van der Waals surface area contributed by atoms with Crippen LogP contribution in [-0.4, -0.2) is 5.11 Å². The van der Waals surface area contributed by atoms with Gasteiger partial charge in [-0.3, -0.25) is 0 Å². The van der Waals surface area contributed by atoms with E-state index in [1.54, 1.807) is 0 Å². The predicted molar refractivity (Wildman–Crippen MR) is 47.2 cm³/mol. The molecule has 0 saturated carbocycles. The molecule has 0 aliphatic rings. The maximum Gasteiger partial charge on any atom is 0.101 e. The van der Waals surface area contributed by atoms with Crippen LogP contribution in [0.2, 0.25) is 0 Å². The summed E-state index contributed by atoms with van der Waals surface area (Å²) in [4.78, 5) is 0.832. The molecular formula is C7H6BrNOS. The molecule has 0 spiro atoms. The Labute approximate surface area is 77.2 Å². The molecule has 0 aliphatic carbocycles. The third-order valence-electron chi connectivity index (χ3n) is 1.20. The van der Waals surface area contributed by atoms with Crippen LogP contribution in [0, 0.1) is 11.3 Å². The van der Waals surface area contributed by atoms with Crippen LogP contribution in [0.4, 0.5) is 0 Å².